The molecule has 0 unspecified atom stereocenters. The molecule has 148 valence electrons. The molecule has 5 nitrogen and oxygen atoms in total. The van der Waals surface area contributed by atoms with Gasteiger partial charge in [-0.3, -0.25) is 4.79 Å². The van der Waals surface area contributed by atoms with Crippen LogP contribution in [0.5, 0.6) is 5.75 Å². The van der Waals surface area contributed by atoms with Gasteiger partial charge < -0.3 is 14.7 Å². The molecular weight excluding hydrogens is 361 g/mol. The number of aliphatic carboxylic acids is 1. The molecule has 1 N–H and O–H groups in total. The van der Waals surface area contributed by atoms with Gasteiger partial charge in [-0.15, -0.1) is 0 Å². The van der Waals surface area contributed by atoms with Crippen molar-refractivity contribution < 1.29 is 23.8 Å². The zero-order valence-electron chi connectivity index (χ0n) is 15.9. The van der Waals surface area contributed by atoms with Crippen LogP contribution in [0.15, 0.2) is 48.5 Å². The number of nitrogens with zero attached hydrogens (tertiary/aromatic N) is 1. The highest BCUT2D eigenvalue weighted by molar-refractivity contribution is 5.88. The average molecular weight is 385 g/mol. The number of rotatable bonds is 7. The van der Waals surface area contributed by atoms with Gasteiger partial charge in [0.1, 0.15) is 11.6 Å². The number of hydrogen-bond donors (Lipinski definition) is 1. The van der Waals surface area contributed by atoms with Gasteiger partial charge in [0.2, 0.25) is 5.91 Å². The van der Waals surface area contributed by atoms with Crippen LogP contribution in [-0.2, 0) is 21.5 Å². The van der Waals surface area contributed by atoms with Gasteiger partial charge in [0, 0.05) is 13.6 Å². The number of benzene rings is 2. The molecule has 0 bridgehead atoms. The quantitative estimate of drug-likeness (QED) is 0.788. The van der Waals surface area contributed by atoms with E-state index in [4.69, 9.17) is 9.84 Å². The predicted molar refractivity (Wildman–Crippen MR) is 103 cm³/mol. The summed E-state index contributed by atoms with van der Waals surface area (Å²) < 4.78 is 18.9. The molecule has 0 aliphatic heterocycles. The van der Waals surface area contributed by atoms with Crippen molar-refractivity contribution in [3.8, 4) is 5.75 Å². The van der Waals surface area contributed by atoms with Crippen LogP contribution in [0.1, 0.15) is 36.8 Å². The van der Waals surface area contributed by atoms with Crippen molar-refractivity contribution in [3.05, 3.63) is 65.5 Å². The van der Waals surface area contributed by atoms with Gasteiger partial charge in [0.05, 0.1) is 5.41 Å². The Morgan fingerprint density at radius 1 is 1.14 bits per heavy atom. The number of carbonyl (C=O) groups is 2. The number of hydrogen-bond acceptors (Lipinski definition) is 3. The number of carboxylic acids is 1. The zero-order chi connectivity index (χ0) is 20.1. The number of ether oxygens (including phenoxy) is 1. The number of carboxylic acid groups (broad SMARTS) is 1. The maximum absolute atomic E-state index is 13.8. The van der Waals surface area contributed by atoms with Crippen molar-refractivity contribution in [2.75, 3.05) is 13.7 Å². The van der Waals surface area contributed by atoms with E-state index in [1.165, 1.54) is 12.1 Å². The van der Waals surface area contributed by atoms with E-state index >= 15 is 0 Å². The van der Waals surface area contributed by atoms with E-state index in [1.807, 2.05) is 18.2 Å². The van der Waals surface area contributed by atoms with Gasteiger partial charge in [0.15, 0.2) is 6.61 Å². The van der Waals surface area contributed by atoms with Crippen LogP contribution >= 0.6 is 0 Å². The van der Waals surface area contributed by atoms with Crippen molar-refractivity contribution in [1.82, 2.24) is 4.90 Å². The normalized spacial score (nSPS) is 15.2. The first-order valence-corrected chi connectivity index (χ1v) is 9.36. The fraction of sp³-hybridized carbons (Fsp3) is 0.364. The maximum atomic E-state index is 13.8. The minimum absolute atomic E-state index is 0.00167. The third-order valence-corrected chi connectivity index (χ3v) is 5.30. The molecule has 6 heteroatoms. The minimum atomic E-state index is -1.03. The summed E-state index contributed by atoms with van der Waals surface area (Å²) in [6.45, 7) is 0.0169. The number of amides is 1. The second kappa shape index (κ2) is 8.42. The van der Waals surface area contributed by atoms with Gasteiger partial charge in [-0.1, -0.05) is 37.1 Å². The molecule has 0 saturated heterocycles. The zero-order valence-corrected chi connectivity index (χ0v) is 15.9. The highest BCUT2D eigenvalue weighted by atomic mass is 19.1. The molecule has 1 fully saturated rings. The smallest absolute Gasteiger partial charge is 0.341 e. The lowest BCUT2D eigenvalue weighted by atomic mass is 9.77. The molecule has 0 radical (unpaired) electrons. The van der Waals surface area contributed by atoms with Gasteiger partial charge in [-0.05, 0) is 48.2 Å². The minimum Gasteiger partial charge on any atom is -0.482 e. The van der Waals surface area contributed by atoms with Gasteiger partial charge in [0.25, 0.3) is 0 Å². The first kappa shape index (κ1) is 19.9. The van der Waals surface area contributed by atoms with E-state index in [0.29, 0.717) is 12.3 Å². The molecule has 0 spiro atoms. The topological polar surface area (TPSA) is 66.8 Å². The third kappa shape index (κ3) is 4.32. The molecule has 1 aliphatic carbocycles. The van der Waals surface area contributed by atoms with E-state index in [2.05, 4.69) is 0 Å². The molecule has 2 aromatic carbocycles. The Balaban J connectivity index is 1.73. The SMILES string of the molecule is CN(Cc1ccc(OCC(=O)O)cc1)C(=O)C1(c2cccc(F)c2)CCCC1. The standard InChI is InChI=1S/C22H24FNO4/c1-24(14-16-7-9-19(10-8-16)28-15-20(25)26)21(27)22(11-2-3-12-22)17-5-4-6-18(23)13-17/h4-10,13H,2-3,11-12,14-15H2,1H3,(H,25,26). The van der Waals surface area contributed by atoms with E-state index in [-0.39, 0.29) is 11.7 Å². The molecule has 3 rings (SSSR count). The molecule has 0 atom stereocenters. The summed E-state index contributed by atoms with van der Waals surface area (Å²) in [4.78, 5) is 25.6. The lowest BCUT2D eigenvalue weighted by Gasteiger charge is -2.33. The fourth-order valence-corrected chi connectivity index (χ4v) is 3.94. The molecule has 1 saturated carbocycles. The molecule has 0 aromatic heterocycles. The summed E-state index contributed by atoms with van der Waals surface area (Å²) in [6.07, 6.45) is 3.35. The Kier molecular flexibility index (Phi) is 5.97. The summed E-state index contributed by atoms with van der Waals surface area (Å²) in [5.74, 6) is -0.890. The second-order valence-corrected chi connectivity index (χ2v) is 7.29. The summed E-state index contributed by atoms with van der Waals surface area (Å²) in [5, 5.41) is 8.66. The molecular formula is C22H24FNO4. The average Bonchev–Trinajstić information content (AvgIpc) is 3.18. The molecule has 28 heavy (non-hydrogen) atoms. The summed E-state index contributed by atoms with van der Waals surface area (Å²) in [5.41, 5.74) is 0.992. The largest absolute Gasteiger partial charge is 0.482 e. The molecule has 1 aliphatic rings. The predicted octanol–water partition coefficient (Wildman–Crippen LogP) is 3.76. The van der Waals surface area contributed by atoms with E-state index in [1.54, 1.807) is 30.1 Å². The van der Waals surface area contributed by atoms with Crippen molar-refractivity contribution in [3.63, 3.8) is 0 Å². The van der Waals surface area contributed by atoms with Crippen LogP contribution in [0.2, 0.25) is 0 Å². The van der Waals surface area contributed by atoms with Crippen molar-refractivity contribution in [1.29, 1.82) is 0 Å². The summed E-state index contributed by atoms with van der Waals surface area (Å²) in [7, 11) is 1.76. The van der Waals surface area contributed by atoms with Crippen molar-refractivity contribution in [2.24, 2.45) is 0 Å². The highest BCUT2D eigenvalue weighted by Crippen LogP contribution is 2.42. The van der Waals surface area contributed by atoms with Gasteiger partial charge in [-0.2, -0.15) is 0 Å². The molecule has 0 heterocycles. The fourth-order valence-electron chi connectivity index (χ4n) is 3.94. The third-order valence-electron chi connectivity index (χ3n) is 5.30. The van der Waals surface area contributed by atoms with Gasteiger partial charge in [-0.25, -0.2) is 9.18 Å². The summed E-state index contributed by atoms with van der Waals surface area (Å²) >= 11 is 0. The van der Waals surface area contributed by atoms with Gasteiger partial charge >= 0.3 is 5.97 Å². The second-order valence-electron chi connectivity index (χ2n) is 7.29. The lowest BCUT2D eigenvalue weighted by molar-refractivity contribution is -0.139. The van der Waals surface area contributed by atoms with E-state index < -0.39 is 18.0 Å². The van der Waals surface area contributed by atoms with Crippen LogP contribution in [0.4, 0.5) is 4.39 Å². The Morgan fingerprint density at radius 2 is 1.82 bits per heavy atom. The van der Waals surface area contributed by atoms with Crippen LogP contribution < -0.4 is 4.74 Å². The lowest BCUT2D eigenvalue weighted by Crippen LogP contribution is -2.43. The Morgan fingerprint density at radius 3 is 2.43 bits per heavy atom. The maximum Gasteiger partial charge on any atom is 0.341 e. The van der Waals surface area contributed by atoms with Crippen molar-refractivity contribution in [2.45, 2.75) is 37.6 Å². The van der Waals surface area contributed by atoms with E-state index in [9.17, 15) is 14.0 Å². The van der Waals surface area contributed by atoms with Crippen LogP contribution in [-0.4, -0.2) is 35.5 Å². The molecule has 2 aromatic rings. The Labute approximate surface area is 163 Å². The van der Waals surface area contributed by atoms with Crippen LogP contribution in [0, 0.1) is 5.82 Å². The van der Waals surface area contributed by atoms with E-state index in [0.717, 1.165) is 36.8 Å². The van der Waals surface area contributed by atoms with Crippen molar-refractivity contribution >= 4 is 11.9 Å². The van der Waals surface area contributed by atoms with Crippen LogP contribution in [0.25, 0.3) is 0 Å². The number of likely N-dealkylation sites (N-methyl/N-ethyl adjacent to an activating group) is 1. The Hall–Kier alpha value is -2.89. The molecule has 1 amide bonds. The van der Waals surface area contributed by atoms with Crippen LogP contribution in [0.3, 0.4) is 0 Å². The first-order valence-electron chi connectivity index (χ1n) is 9.36. The number of carbonyl (C=O) groups excluding carboxylic acids is 1. The number of halogens is 1. The highest BCUT2D eigenvalue weighted by Gasteiger charge is 2.44. The first-order chi connectivity index (χ1) is 13.4. The Bertz CT molecular complexity index is 844. The summed E-state index contributed by atoms with van der Waals surface area (Å²) in [6, 6.07) is 13.4. The monoisotopic (exact) mass is 385 g/mol.